The first-order valence-electron chi connectivity index (χ1n) is 15.9. The van der Waals surface area contributed by atoms with Crippen molar-refractivity contribution in [2.24, 2.45) is 0 Å². The summed E-state index contributed by atoms with van der Waals surface area (Å²) in [5.74, 6) is 0. The molecular formula is C38H45NO7. The molecule has 1 fully saturated rings. The SMILES string of the molecule is OCC(CO)N[C@H]1C[C@](O)(COCc2ccccc2)[C@H](OCc2ccccc2)[C@@H](OCc2ccccc2)[C@@H]1OCc1ccccc1. The molecule has 8 heteroatoms. The number of rotatable bonds is 17. The normalized spacial score (nSPS) is 23.0. The van der Waals surface area contributed by atoms with Gasteiger partial charge in [0, 0.05) is 6.04 Å². The molecule has 8 nitrogen and oxygen atoms in total. The molecule has 0 bridgehead atoms. The van der Waals surface area contributed by atoms with Gasteiger partial charge in [-0.3, -0.25) is 0 Å². The predicted octanol–water partition coefficient (Wildman–Crippen LogP) is 4.41. The van der Waals surface area contributed by atoms with Crippen molar-refractivity contribution >= 4 is 0 Å². The van der Waals surface area contributed by atoms with Gasteiger partial charge in [0.05, 0.1) is 52.3 Å². The molecule has 244 valence electrons. The first-order chi connectivity index (χ1) is 22.6. The number of aliphatic hydroxyl groups excluding tert-OH is 2. The van der Waals surface area contributed by atoms with Crippen molar-refractivity contribution in [2.45, 2.75) is 68.8 Å². The monoisotopic (exact) mass is 627 g/mol. The highest BCUT2D eigenvalue weighted by Gasteiger charge is 2.55. The predicted molar refractivity (Wildman–Crippen MR) is 176 cm³/mol. The Morgan fingerprint density at radius 2 is 1.00 bits per heavy atom. The molecule has 0 heterocycles. The highest BCUT2D eigenvalue weighted by Crippen LogP contribution is 2.37. The lowest BCUT2D eigenvalue weighted by atomic mass is 9.75. The van der Waals surface area contributed by atoms with Gasteiger partial charge in [0.1, 0.15) is 23.9 Å². The average molecular weight is 628 g/mol. The zero-order valence-electron chi connectivity index (χ0n) is 26.1. The third-order valence-electron chi connectivity index (χ3n) is 8.32. The van der Waals surface area contributed by atoms with Gasteiger partial charge in [-0.2, -0.15) is 0 Å². The van der Waals surface area contributed by atoms with Crippen LogP contribution in [0.1, 0.15) is 28.7 Å². The van der Waals surface area contributed by atoms with E-state index in [1.54, 1.807) is 0 Å². The number of hydrogen-bond acceptors (Lipinski definition) is 8. The second-order valence-electron chi connectivity index (χ2n) is 11.9. The summed E-state index contributed by atoms with van der Waals surface area (Å²) in [5.41, 5.74) is 2.38. The van der Waals surface area contributed by atoms with Crippen LogP contribution in [0.3, 0.4) is 0 Å². The van der Waals surface area contributed by atoms with Gasteiger partial charge < -0.3 is 39.6 Å². The fraction of sp³-hybridized carbons (Fsp3) is 0.368. The van der Waals surface area contributed by atoms with E-state index in [4.69, 9.17) is 18.9 Å². The Hall–Kier alpha value is -3.44. The Morgan fingerprint density at radius 1 is 0.587 bits per heavy atom. The van der Waals surface area contributed by atoms with E-state index in [1.165, 1.54) is 0 Å². The zero-order chi connectivity index (χ0) is 32.0. The number of aliphatic hydroxyl groups is 3. The number of ether oxygens (including phenoxy) is 4. The van der Waals surface area contributed by atoms with Crippen molar-refractivity contribution in [2.75, 3.05) is 19.8 Å². The van der Waals surface area contributed by atoms with Crippen LogP contribution in [-0.2, 0) is 45.4 Å². The molecule has 0 radical (unpaired) electrons. The van der Waals surface area contributed by atoms with E-state index >= 15 is 0 Å². The molecule has 0 spiro atoms. The molecule has 4 aromatic carbocycles. The largest absolute Gasteiger partial charge is 0.395 e. The highest BCUT2D eigenvalue weighted by molar-refractivity contribution is 5.18. The third kappa shape index (κ3) is 9.54. The standard InChI is InChI=1S/C38H45NO7/c40-22-33(23-41)39-34-21-38(42,28-43-24-29-13-5-1-6-14-29)37(46-27-32-19-11-4-12-20-32)36(45-26-31-17-9-3-10-18-31)35(34)44-25-30-15-7-2-8-16-30/h1-20,33-37,39-42H,21-28H2/t34-,35+,36-,37+,38-/m0/s1. The van der Waals surface area contributed by atoms with Gasteiger partial charge in [0.15, 0.2) is 0 Å². The van der Waals surface area contributed by atoms with Crippen LogP contribution in [0.5, 0.6) is 0 Å². The lowest BCUT2D eigenvalue weighted by Crippen LogP contribution is -2.70. The van der Waals surface area contributed by atoms with Gasteiger partial charge in [-0.15, -0.1) is 0 Å². The van der Waals surface area contributed by atoms with Crippen LogP contribution in [-0.4, -0.2) is 71.1 Å². The van der Waals surface area contributed by atoms with Gasteiger partial charge in [0.2, 0.25) is 0 Å². The van der Waals surface area contributed by atoms with Gasteiger partial charge in [0.25, 0.3) is 0 Å². The Kier molecular flexibility index (Phi) is 12.9. The summed E-state index contributed by atoms with van der Waals surface area (Å²) in [6.07, 6.45) is -2.03. The summed E-state index contributed by atoms with van der Waals surface area (Å²) < 4.78 is 26.1. The van der Waals surface area contributed by atoms with E-state index < -0.39 is 36.0 Å². The quantitative estimate of drug-likeness (QED) is 0.136. The molecule has 0 unspecified atom stereocenters. The highest BCUT2D eigenvalue weighted by atomic mass is 16.6. The van der Waals surface area contributed by atoms with Crippen LogP contribution in [0, 0.1) is 0 Å². The number of hydrogen-bond donors (Lipinski definition) is 4. The minimum absolute atomic E-state index is 0.0287. The summed E-state index contributed by atoms with van der Waals surface area (Å²) in [4.78, 5) is 0. The van der Waals surface area contributed by atoms with Gasteiger partial charge in [-0.25, -0.2) is 0 Å². The van der Waals surface area contributed by atoms with Gasteiger partial charge in [-0.1, -0.05) is 121 Å². The van der Waals surface area contributed by atoms with Crippen LogP contribution < -0.4 is 5.32 Å². The van der Waals surface area contributed by atoms with Crippen molar-refractivity contribution in [3.8, 4) is 0 Å². The fourth-order valence-corrected chi connectivity index (χ4v) is 5.94. The molecular weight excluding hydrogens is 582 g/mol. The van der Waals surface area contributed by atoms with Crippen LogP contribution in [0.15, 0.2) is 121 Å². The van der Waals surface area contributed by atoms with Crippen LogP contribution in [0.2, 0.25) is 0 Å². The summed E-state index contributed by atoms with van der Waals surface area (Å²) in [6, 6.07) is 38.2. The van der Waals surface area contributed by atoms with Crippen molar-refractivity contribution in [3.63, 3.8) is 0 Å². The maximum absolute atomic E-state index is 12.5. The Morgan fingerprint density at radius 3 is 1.46 bits per heavy atom. The Bertz CT molecular complexity index is 1390. The van der Waals surface area contributed by atoms with Crippen LogP contribution >= 0.6 is 0 Å². The van der Waals surface area contributed by atoms with E-state index in [0.29, 0.717) is 13.2 Å². The third-order valence-corrected chi connectivity index (χ3v) is 8.32. The summed E-state index contributed by atoms with van der Waals surface area (Å²) in [6.45, 7) is 0.517. The first-order valence-corrected chi connectivity index (χ1v) is 15.9. The molecule has 4 aromatic rings. The Labute approximate surface area is 271 Å². The second kappa shape index (κ2) is 17.5. The van der Waals surface area contributed by atoms with Gasteiger partial charge >= 0.3 is 0 Å². The summed E-state index contributed by atoms with van der Waals surface area (Å²) in [5, 5.41) is 35.9. The second-order valence-corrected chi connectivity index (χ2v) is 11.9. The molecule has 0 aromatic heterocycles. The molecule has 0 aliphatic heterocycles. The number of nitrogens with one attached hydrogen (secondary N) is 1. The smallest absolute Gasteiger partial charge is 0.118 e. The van der Waals surface area contributed by atoms with Crippen molar-refractivity contribution in [1.82, 2.24) is 5.32 Å². The van der Waals surface area contributed by atoms with E-state index in [1.807, 2.05) is 121 Å². The average Bonchev–Trinajstić information content (AvgIpc) is 3.10. The molecule has 1 aliphatic carbocycles. The van der Waals surface area contributed by atoms with Crippen molar-refractivity contribution < 1.29 is 34.3 Å². The minimum atomic E-state index is -1.51. The van der Waals surface area contributed by atoms with E-state index in [0.717, 1.165) is 22.3 Å². The maximum atomic E-state index is 12.5. The van der Waals surface area contributed by atoms with E-state index in [9.17, 15) is 15.3 Å². The minimum Gasteiger partial charge on any atom is -0.395 e. The first kappa shape index (κ1) is 33.9. The summed E-state index contributed by atoms with van der Waals surface area (Å²) in [7, 11) is 0. The summed E-state index contributed by atoms with van der Waals surface area (Å²) >= 11 is 0. The molecule has 1 saturated carbocycles. The Balaban J connectivity index is 1.48. The topological polar surface area (TPSA) is 110 Å². The lowest BCUT2D eigenvalue weighted by Gasteiger charge is -2.51. The maximum Gasteiger partial charge on any atom is 0.118 e. The van der Waals surface area contributed by atoms with Crippen LogP contribution in [0.4, 0.5) is 0 Å². The molecule has 5 rings (SSSR count). The molecule has 46 heavy (non-hydrogen) atoms. The molecule has 4 N–H and O–H groups in total. The molecule has 1 aliphatic rings. The lowest BCUT2D eigenvalue weighted by molar-refractivity contribution is -0.256. The van der Waals surface area contributed by atoms with Gasteiger partial charge in [-0.05, 0) is 28.7 Å². The molecule has 5 atom stereocenters. The van der Waals surface area contributed by atoms with E-state index in [-0.39, 0.29) is 39.5 Å². The van der Waals surface area contributed by atoms with Crippen molar-refractivity contribution in [1.29, 1.82) is 0 Å². The molecule has 0 saturated heterocycles. The van der Waals surface area contributed by atoms with Crippen LogP contribution in [0.25, 0.3) is 0 Å². The molecule has 0 amide bonds. The zero-order valence-corrected chi connectivity index (χ0v) is 26.1. The van der Waals surface area contributed by atoms with E-state index in [2.05, 4.69) is 5.32 Å². The number of benzene rings is 4. The fourth-order valence-electron chi connectivity index (χ4n) is 5.94. The van der Waals surface area contributed by atoms with Crippen molar-refractivity contribution in [3.05, 3.63) is 144 Å².